The number of hydrogen-bond donors (Lipinski definition) is 1. The topological polar surface area (TPSA) is 76.6 Å². The van der Waals surface area contributed by atoms with Gasteiger partial charge in [0, 0.05) is 23.2 Å². The maximum atomic E-state index is 12.9. The predicted octanol–water partition coefficient (Wildman–Crippen LogP) is 4.58. The fraction of sp³-hybridized carbons (Fsp3) is 0.292. The van der Waals surface area contributed by atoms with Gasteiger partial charge in [0.25, 0.3) is 5.91 Å². The molecule has 1 aliphatic rings. The first-order valence-corrected chi connectivity index (χ1v) is 10.5. The monoisotopic (exact) mass is 436 g/mol. The third kappa shape index (κ3) is 4.70. The van der Waals surface area contributed by atoms with Gasteiger partial charge in [0.2, 0.25) is 5.95 Å². The second kappa shape index (κ2) is 9.32. The zero-order chi connectivity index (χ0) is 22.7. The Balaban J connectivity index is 1.49. The van der Waals surface area contributed by atoms with E-state index < -0.39 is 0 Å². The van der Waals surface area contributed by atoms with E-state index in [0.29, 0.717) is 17.2 Å². The van der Waals surface area contributed by atoms with Crippen molar-refractivity contribution in [2.45, 2.75) is 33.0 Å². The van der Waals surface area contributed by atoms with E-state index in [2.05, 4.69) is 25.1 Å². The Kier molecular flexibility index (Phi) is 6.32. The molecule has 8 heteroatoms. The number of rotatable bonds is 5. The molecule has 1 N–H and O–H groups in total. The Labute approximate surface area is 186 Å². The molecule has 0 aliphatic carbocycles. The van der Waals surface area contributed by atoms with Crippen molar-refractivity contribution in [2.75, 3.05) is 23.3 Å². The molecule has 166 valence electrons. The van der Waals surface area contributed by atoms with Gasteiger partial charge in [-0.3, -0.25) is 9.74 Å². The maximum absolute atomic E-state index is 12.9. The van der Waals surface area contributed by atoms with Crippen molar-refractivity contribution in [3.05, 3.63) is 66.0 Å². The first kappa shape index (κ1) is 21.7. The quantitative estimate of drug-likeness (QED) is 0.631. The van der Waals surface area contributed by atoms with Crippen LogP contribution in [0, 0.1) is 6.92 Å². The predicted molar refractivity (Wildman–Crippen MR) is 121 cm³/mol. The molecule has 2 aromatic carbocycles. The van der Waals surface area contributed by atoms with E-state index in [4.69, 9.17) is 4.74 Å². The first-order valence-electron chi connectivity index (χ1n) is 10.5. The minimum atomic E-state index is -0.252. The fourth-order valence-electron chi connectivity index (χ4n) is 3.97. The highest BCUT2D eigenvalue weighted by Crippen LogP contribution is 2.28. The lowest BCUT2D eigenvalue weighted by Gasteiger charge is -2.35. The average Bonchev–Trinajstić information content (AvgIpc) is 2.79. The van der Waals surface area contributed by atoms with E-state index in [9.17, 15) is 9.32 Å². The van der Waals surface area contributed by atoms with Gasteiger partial charge in [0.15, 0.2) is 5.75 Å². The SMILES string of the molecule is Cc1c(C(=O)Nc2cnc(N3C[C@@H](C)O[C@@H](C)C3)nc2)cccc1-c1ccc(OF)cc1. The molecule has 7 nitrogen and oxygen atoms in total. The molecule has 1 amide bonds. The molecular formula is C24H25FN4O3. The number of amides is 1. The number of carbonyl (C=O) groups is 1. The van der Waals surface area contributed by atoms with Crippen molar-refractivity contribution < 1.29 is 19.0 Å². The zero-order valence-electron chi connectivity index (χ0n) is 18.2. The van der Waals surface area contributed by atoms with Crippen molar-refractivity contribution in [2.24, 2.45) is 0 Å². The molecule has 2 atom stereocenters. The molecule has 1 saturated heterocycles. The van der Waals surface area contributed by atoms with Gasteiger partial charge in [-0.15, -0.1) is 0 Å². The molecule has 2 heterocycles. The zero-order valence-corrected chi connectivity index (χ0v) is 18.2. The Morgan fingerprint density at radius 2 is 1.75 bits per heavy atom. The molecular weight excluding hydrogens is 411 g/mol. The van der Waals surface area contributed by atoms with Crippen molar-refractivity contribution in [1.82, 2.24) is 9.97 Å². The van der Waals surface area contributed by atoms with Gasteiger partial charge in [-0.1, -0.05) is 24.3 Å². The molecule has 0 spiro atoms. The van der Waals surface area contributed by atoms with Crippen LogP contribution < -0.4 is 15.2 Å². The summed E-state index contributed by atoms with van der Waals surface area (Å²) in [6.45, 7) is 7.37. The van der Waals surface area contributed by atoms with Gasteiger partial charge in [-0.25, -0.2) is 9.97 Å². The minimum Gasteiger partial charge on any atom is -0.372 e. The molecule has 3 aromatic rings. The smallest absolute Gasteiger partial charge is 0.256 e. The van der Waals surface area contributed by atoms with E-state index in [1.165, 1.54) is 12.1 Å². The fourth-order valence-corrected chi connectivity index (χ4v) is 3.97. The van der Waals surface area contributed by atoms with Crippen LogP contribution in [0.15, 0.2) is 54.9 Å². The molecule has 0 saturated carbocycles. The number of nitrogens with zero attached hydrogens (tertiary/aromatic N) is 3. The van der Waals surface area contributed by atoms with Crippen LogP contribution in [-0.2, 0) is 4.74 Å². The van der Waals surface area contributed by atoms with E-state index in [-0.39, 0.29) is 23.9 Å². The van der Waals surface area contributed by atoms with E-state index in [0.717, 1.165) is 29.8 Å². The third-order valence-corrected chi connectivity index (χ3v) is 5.43. The number of nitrogens with one attached hydrogen (secondary N) is 1. The van der Waals surface area contributed by atoms with Crippen LogP contribution in [0.25, 0.3) is 11.1 Å². The second-order valence-corrected chi connectivity index (χ2v) is 7.97. The standard InChI is InChI=1S/C24H25FN4O3/c1-15-13-29(14-16(2)31-15)24-26-11-19(12-27-24)28-23(30)22-6-4-5-21(17(22)3)18-7-9-20(32-25)10-8-18/h4-12,15-16H,13-14H2,1-3H3,(H,28,30)/t15-,16+. The van der Waals surface area contributed by atoms with Crippen LogP contribution in [0.1, 0.15) is 29.8 Å². The van der Waals surface area contributed by atoms with Gasteiger partial charge < -0.3 is 15.0 Å². The van der Waals surface area contributed by atoms with Crippen molar-refractivity contribution in [1.29, 1.82) is 0 Å². The lowest BCUT2D eigenvalue weighted by molar-refractivity contribution is -0.00618. The number of carbonyl (C=O) groups excluding carboxylic acids is 1. The van der Waals surface area contributed by atoms with Crippen LogP contribution >= 0.6 is 0 Å². The molecule has 32 heavy (non-hydrogen) atoms. The van der Waals surface area contributed by atoms with Gasteiger partial charge in [-0.2, -0.15) is 0 Å². The van der Waals surface area contributed by atoms with Gasteiger partial charge >= 0.3 is 0 Å². The molecule has 0 unspecified atom stereocenters. The number of morpholine rings is 1. The highest BCUT2D eigenvalue weighted by molar-refractivity contribution is 6.06. The first-order chi connectivity index (χ1) is 15.4. The number of hydrogen-bond acceptors (Lipinski definition) is 6. The maximum Gasteiger partial charge on any atom is 0.256 e. The molecule has 1 fully saturated rings. The second-order valence-electron chi connectivity index (χ2n) is 7.97. The summed E-state index contributed by atoms with van der Waals surface area (Å²) in [5.74, 6) is 0.492. The van der Waals surface area contributed by atoms with Crippen molar-refractivity contribution in [3.8, 4) is 16.9 Å². The summed E-state index contributed by atoms with van der Waals surface area (Å²) in [7, 11) is 0. The summed E-state index contributed by atoms with van der Waals surface area (Å²) in [6, 6.07) is 12.1. The van der Waals surface area contributed by atoms with E-state index in [1.54, 1.807) is 30.6 Å². The minimum absolute atomic E-state index is 0.109. The Hall–Kier alpha value is -3.52. The number of halogens is 1. The highest BCUT2D eigenvalue weighted by atomic mass is 19.3. The number of benzene rings is 2. The molecule has 4 rings (SSSR count). The largest absolute Gasteiger partial charge is 0.372 e. The summed E-state index contributed by atoms with van der Waals surface area (Å²) in [4.78, 5) is 27.6. The Morgan fingerprint density at radius 1 is 1.09 bits per heavy atom. The molecule has 1 aromatic heterocycles. The third-order valence-electron chi connectivity index (χ3n) is 5.43. The molecule has 0 bridgehead atoms. The van der Waals surface area contributed by atoms with Gasteiger partial charge in [0.1, 0.15) is 0 Å². The molecule has 1 aliphatic heterocycles. The van der Waals surface area contributed by atoms with Crippen LogP contribution in [0.5, 0.6) is 5.75 Å². The van der Waals surface area contributed by atoms with Crippen molar-refractivity contribution >= 4 is 17.5 Å². The van der Waals surface area contributed by atoms with Crippen LogP contribution in [0.3, 0.4) is 0 Å². The van der Waals surface area contributed by atoms with Gasteiger partial charge in [0.05, 0.1) is 30.3 Å². The molecule has 0 radical (unpaired) electrons. The normalized spacial score (nSPS) is 18.3. The van der Waals surface area contributed by atoms with E-state index in [1.807, 2.05) is 32.9 Å². The van der Waals surface area contributed by atoms with Crippen LogP contribution in [0.4, 0.5) is 16.2 Å². The van der Waals surface area contributed by atoms with Gasteiger partial charge in [-0.05, 0) is 55.7 Å². The highest BCUT2D eigenvalue weighted by Gasteiger charge is 2.24. The lowest BCUT2D eigenvalue weighted by Crippen LogP contribution is -2.46. The number of aromatic nitrogens is 2. The lowest BCUT2D eigenvalue weighted by atomic mass is 9.96. The summed E-state index contributed by atoms with van der Waals surface area (Å²) in [5, 5.41) is 2.87. The van der Waals surface area contributed by atoms with Crippen molar-refractivity contribution in [3.63, 3.8) is 0 Å². The van der Waals surface area contributed by atoms with E-state index >= 15 is 0 Å². The number of ether oxygens (including phenoxy) is 1. The average molecular weight is 436 g/mol. The Bertz CT molecular complexity index is 1080. The number of anilines is 2. The summed E-state index contributed by atoms with van der Waals surface area (Å²) < 4.78 is 18.1. The summed E-state index contributed by atoms with van der Waals surface area (Å²) in [6.07, 6.45) is 3.44. The summed E-state index contributed by atoms with van der Waals surface area (Å²) in [5.41, 5.74) is 3.60. The van der Waals surface area contributed by atoms with Crippen LogP contribution in [-0.4, -0.2) is 41.2 Å². The van der Waals surface area contributed by atoms with Crippen LogP contribution in [0.2, 0.25) is 0 Å². The summed E-state index contributed by atoms with van der Waals surface area (Å²) >= 11 is 0. The Morgan fingerprint density at radius 3 is 2.38 bits per heavy atom.